The van der Waals surface area contributed by atoms with E-state index in [1.807, 2.05) is 13.0 Å². The van der Waals surface area contributed by atoms with Gasteiger partial charge in [0.05, 0.1) is 12.2 Å². The van der Waals surface area contributed by atoms with E-state index in [1.54, 1.807) is 12.1 Å². The van der Waals surface area contributed by atoms with Crippen LogP contribution < -0.4 is 15.8 Å². The predicted molar refractivity (Wildman–Crippen MR) is 115 cm³/mol. The Labute approximate surface area is 183 Å². The molecular formula is C21H23ClN2O5S. The molecule has 160 valence electrons. The first-order valence-electron chi connectivity index (χ1n) is 9.64. The first kappa shape index (κ1) is 22.1. The van der Waals surface area contributed by atoms with Crippen LogP contribution in [0.25, 0.3) is 0 Å². The van der Waals surface area contributed by atoms with Crippen LogP contribution in [0, 0.1) is 6.92 Å². The minimum atomic E-state index is -0.558. The van der Waals surface area contributed by atoms with Gasteiger partial charge < -0.3 is 20.5 Å². The van der Waals surface area contributed by atoms with E-state index in [2.05, 4.69) is 5.32 Å². The van der Waals surface area contributed by atoms with E-state index in [0.717, 1.165) is 35.3 Å². The normalized spacial score (nSPS) is 12.3. The maximum atomic E-state index is 12.1. The third kappa shape index (κ3) is 5.52. The number of esters is 1. The number of amides is 2. The molecule has 3 rings (SSSR count). The highest BCUT2D eigenvalue weighted by atomic mass is 35.5. The summed E-state index contributed by atoms with van der Waals surface area (Å²) in [4.78, 5) is 36.8. The number of aryl methyl sites for hydroxylation is 2. The Balaban J connectivity index is 1.39. The molecule has 0 fully saturated rings. The van der Waals surface area contributed by atoms with Gasteiger partial charge in [-0.05, 0) is 61.9 Å². The van der Waals surface area contributed by atoms with Gasteiger partial charge in [0.25, 0.3) is 11.8 Å². The molecule has 1 aliphatic carbocycles. The third-order valence-electron chi connectivity index (χ3n) is 4.71. The second-order valence-electron chi connectivity index (χ2n) is 7.00. The number of hydrogen-bond donors (Lipinski definition) is 2. The number of nitrogens with one attached hydrogen (secondary N) is 1. The minimum Gasteiger partial charge on any atom is -0.494 e. The van der Waals surface area contributed by atoms with Crippen molar-refractivity contribution >= 4 is 45.7 Å². The smallest absolute Gasteiger partial charge is 0.306 e. The van der Waals surface area contributed by atoms with E-state index < -0.39 is 24.4 Å². The molecule has 0 bridgehead atoms. The zero-order valence-electron chi connectivity index (χ0n) is 16.6. The Morgan fingerprint density at radius 1 is 1.27 bits per heavy atom. The molecule has 1 heterocycles. The molecular weight excluding hydrogens is 428 g/mol. The Bertz CT molecular complexity index is 973. The first-order chi connectivity index (χ1) is 14.3. The summed E-state index contributed by atoms with van der Waals surface area (Å²) in [6, 6.07) is 5.34. The SMILES string of the molecule is Cc1cc(OCCCC(=O)OCC(=O)Nc2sc3c(c2C(N)=O)CCC3)ccc1Cl. The molecule has 0 saturated heterocycles. The number of benzene rings is 1. The van der Waals surface area contributed by atoms with Crippen molar-refractivity contribution in [2.24, 2.45) is 5.73 Å². The van der Waals surface area contributed by atoms with Gasteiger partial charge in [0.2, 0.25) is 0 Å². The summed E-state index contributed by atoms with van der Waals surface area (Å²) in [6.45, 7) is 1.80. The number of primary amides is 1. The number of carbonyl (C=O) groups is 3. The van der Waals surface area contributed by atoms with Gasteiger partial charge in [-0.1, -0.05) is 11.6 Å². The van der Waals surface area contributed by atoms with E-state index in [0.29, 0.717) is 34.4 Å². The van der Waals surface area contributed by atoms with Gasteiger partial charge in [0.15, 0.2) is 6.61 Å². The van der Waals surface area contributed by atoms with E-state index >= 15 is 0 Å². The molecule has 30 heavy (non-hydrogen) atoms. The summed E-state index contributed by atoms with van der Waals surface area (Å²) in [7, 11) is 0. The molecule has 0 saturated carbocycles. The molecule has 0 unspecified atom stereocenters. The van der Waals surface area contributed by atoms with Crippen LogP contribution in [0.5, 0.6) is 5.75 Å². The molecule has 2 aromatic rings. The molecule has 0 atom stereocenters. The maximum Gasteiger partial charge on any atom is 0.306 e. The van der Waals surface area contributed by atoms with Crippen molar-refractivity contribution in [1.82, 2.24) is 0 Å². The summed E-state index contributed by atoms with van der Waals surface area (Å²) in [6.07, 6.45) is 3.22. The van der Waals surface area contributed by atoms with Crippen molar-refractivity contribution < 1.29 is 23.9 Å². The van der Waals surface area contributed by atoms with Crippen molar-refractivity contribution in [1.29, 1.82) is 0 Å². The Kier molecular flexibility index (Phi) is 7.33. The van der Waals surface area contributed by atoms with Crippen LogP contribution in [0.4, 0.5) is 5.00 Å². The highest BCUT2D eigenvalue weighted by Crippen LogP contribution is 2.38. The number of fused-ring (bicyclic) bond motifs is 1. The van der Waals surface area contributed by atoms with Crippen LogP contribution in [-0.2, 0) is 27.2 Å². The summed E-state index contributed by atoms with van der Waals surface area (Å²) >= 11 is 7.32. The number of thiophene rings is 1. The molecule has 3 N–H and O–H groups in total. The van der Waals surface area contributed by atoms with Gasteiger partial charge in [-0.15, -0.1) is 11.3 Å². The average Bonchev–Trinajstić information content (AvgIpc) is 3.26. The lowest BCUT2D eigenvalue weighted by molar-refractivity contribution is -0.147. The standard InChI is InChI=1S/C21H23ClN2O5S/c1-12-10-13(7-8-15(12)22)28-9-3-6-18(26)29-11-17(25)24-21-19(20(23)27)14-4-2-5-16(14)30-21/h7-8,10H,2-6,9,11H2,1H3,(H2,23,27)(H,24,25). The van der Waals surface area contributed by atoms with E-state index in [1.165, 1.54) is 11.3 Å². The van der Waals surface area contributed by atoms with Crippen LogP contribution >= 0.6 is 22.9 Å². The van der Waals surface area contributed by atoms with E-state index in [9.17, 15) is 14.4 Å². The average molecular weight is 451 g/mol. The number of carbonyl (C=O) groups excluding carboxylic acids is 3. The second kappa shape index (κ2) is 9.95. The van der Waals surface area contributed by atoms with Gasteiger partial charge in [-0.25, -0.2) is 0 Å². The topological polar surface area (TPSA) is 108 Å². The molecule has 0 radical (unpaired) electrons. The fourth-order valence-electron chi connectivity index (χ4n) is 3.25. The minimum absolute atomic E-state index is 0.125. The lowest BCUT2D eigenvalue weighted by atomic mass is 10.1. The lowest BCUT2D eigenvalue weighted by Crippen LogP contribution is -2.22. The molecule has 7 nitrogen and oxygen atoms in total. The monoisotopic (exact) mass is 450 g/mol. The summed E-state index contributed by atoms with van der Waals surface area (Å²) in [5.74, 6) is -0.876. The van der Waals surface area contributed by atoms with Crippen molar-refractivity contribution in [2.45, 2.75) is 39.0 Å². The maximum absolute atomic E-state index is 12.1. The van der Waals surface area contributed by atoms with E-state index in [-0.39, 0.29) is 6.42 Å². The largest absolute Gasteiger partial charge is 0.494 e. The van der Waals surface area contributed by atoms with Gasteiger partial charge in [0, 0.05) is 16.3 Å². The lowest BCUT2D eigenvalue weighted by Gasteiger charge is -2.08. The fourth-order valence-corrected chi connectivity index (χ4v) is 4.68. The number of nitrogens with two attached hydrogens (primary N) is 1. The summed E-state index contributed by atoms with van der Waals surface area (Å²) < 4.78 is 10.6. The Morgan fingerprint density at radius 3 is 2.80 bits per heavy atom. The number of hydrogen-bond acceptors (Lipinski definition) is 6. The quantitative estimate of drug-likeness (QED) is 0.448. The van der Waals surface area contributed by atoms with Crippen LogP contribution in [-0.4, -0.2) is 31.0 Å². The number of anilines is 1. The molecule has 9 heteroatoms. The molecule has 1 aromatic carbocycles. The van der Waals surface area contributed by atoms with Crippen LogP contribution in [0.2, 0.25) is 5.02 Å². The van der Waals surface area contributed by atoms with Crippen molar-refractivity contribution in [2.75, 3.05) is 18.5 Å². The van der Waals surface area contributed by atoms with Crippen LogP contribution in [0.15, 0.2) is 18.2 Å². The van der Waals surface area contributed by atoms with E-state index in [4.69, 9.17) is 26.8 Å². The zero-order valence-corrected chi connectivity index (χ0v) is 18.2. The van der Waals surface area contributed by atoms with Gasteiger partial charge in [0.1, 0.15) is 10.8 Å². The van der Waals surface area contributed by atoms with Crippen molar-refractivity contribution in [3.8, 4) is 5.75 Å². The zero-order chi connectivity index (χ0) is 21.7. The Hall–Kier alpha value is -2.58. The van der Waals surface area contributed by atoms with Gasteiger partial charge in [-0.2, -0.15) is 0 Å². The first-order valence-corrected chi connectivity index (χ1v) is 10.8. The molecule has 1 aromatic heterocycles. The third-order valence-corrected chi connectivity index (χ3v) is 6.34. The molecule has 0 aliphatic heterocycles. The highest BCUT2D eigenvalue weighted by Gasteiger charge is 2.26. The fraction of sp³-hybridized carbons (Fsp3) is 0.381. The number of rotatable bonds is 9. The van der Waals surface area contributed by atoms with Crippen molar-refractivity contribution in [3.63, 3.8) is 0 Å². The summed E-state index contributed by atoms with van der Waals surface area (Å²) in [5.41, 5.74) is 7.68. The van der Waals surface area contributed by atoms with Crippen LogP contribution in [0.1, 0.15) is 45.6 Å². The number of ether oxygens (including phenoxy) is 2. The molecule has 0 spiro atoms. The predicted octanol–water partition coefficient (Wildman–Crippen LogP) is 3.64. The summed E-state index contributed by atoms with van der Waals surface area (Å²) in [5, 5.41) is 3.74. The highest BCUT2D eigenvalue weighted by molar-refractivity contribution is 7.17. The van der Waals surface area contributed by atoms with Crippen molar-refractivity contribution in [3.05, 3.63) is 44.8 Å². The van der Waals surface area contributed by atoms with Gasteiger partial charge >= 0.3 is 5.97 Å². The van der Waals surface area contributed by atoms with Crippen LogP contribution in [0.3, 0.4) is 0 Å². The molecule has 2 amide bonds. The number of halogens is 1. The Morgan fingerprint density at radius 2 is 2.07 bits per heavy atom. The molecule has 1 aliphatic rings. The van der Waals surface area contributed by atoms with Gasteiger partial charge in [-0.3, -0.25) is 14.4 Å². The second-order valence-corrected chi connectivity index (χ2v) is 8.51.